The number of nitrogens with one attached hydrogen (secondary N) is 1. The first-order chi connectivity index (χ1) is 10.2. The normalized spacial score (nSPS) is 30.9. The maximum atomic E-state index is 4.90. The second kappa shape index (κ2) is 6.12. The number of hydrogen-bond donors (Lipinski definition) is 1. The molecule has 2 atom stereocenters. The van der Waals surface area contributed by atoms with Gasteiger partial charge in [0.15, 0.2) is 0 Å². The van der Waals surface area contributed by atoms with Crippen LogP contribution < -0.4 is 5.32 Å². The van der Waals surface area contributed by atoms with E-state index in [1.807, 2.05) is 0 Å². The smallest absolute Gasteiger partial charge is 0.0630 e. The van der Waals surface area contributed by atoms with Crippen LogP contribution in [0.2, 0.25) is 0 Å². The van der Waals surface area contributed by atoms with E-state index in [0.29, 0.717) is 11.5 Å². The fraction of sp³-hybridized carbons (Fsp3) is 0.833. The highest BCUT2D eigenvalue weighted by Crippen LogP contribution is 2.60. The van der Waals surface area contributed by atoms with E-state index in [-0.39, 0.29) is 0 Å². The van der Waals surface area contributed by atoms with Gasteiger partial charge in [0.2, 0.25) is 0 Å². The van der Waals surface area contributed by atoms with Crippen LogP contribution in [0.25, 0.3) is 0 Å². The molecular formula is C18H31N3. The first-order valence-corrected chi connectivity index (χ1v) is 8.94. The predicted molar refractivity (Wildman–Crippen MR) is 87.4 cm³/mol. The van der Waals surface area contributed by atoms with Crippen LogP contribution in [0.3, 0.4) is 0 Å². The number of rotatable bonds is 8. The zero-order chi connectivity index (χ0) is 14.9. The Bertz CT molecular complexity index is 451. The summed E-state index contributed by atoms with van der Waals surface area (Å²) in [5, 5.41) is 8.51. The van der Waals surface area contributed by atoms with Gasteiger partial charge in [0, 0.05) is 12.7 Å². The van der Waals surface area contributed by atoms with E-state index in [0.717, 1.165) is 18.4 Å². The summed E-state index contributed by atoms with van der Waals surface area (Å²) >= 11 is 0. The van der Waals surface area contributed by atoms with E-state index in [9.17, 15) is 0 Å². The van der Waals surface area contributed by atoms with Crippen molar-refractivity contribution in [1.29, 1.82) is 0 Å². The molecule has 1 aromatic rings. The van der Waals surface area contributed by atoms with Crippen molar-refractivity contribution in [2.75, 3.05) is 13.1 Å². The van der Waals surface area contributed by atoms with Crippen molar-refractivity contribution >= 4 is 0 Å². The van der Waals surface area contributed by atoms with Gasteiger partial charge in [0.05, 0.1) is 11.7 Å². The van der Waals surface area contributed by atoms with E-state index < -0.39 is 0 Å². The molecule has 1 heterocycles. The quantitative estimate of drug-likeness (QED) is 0.788. The number of hydrogen-bond acceptors (Lipinski definition) is 2. The third kappa shape index (κ3) is 3.18. The largest absolute Gasteiger partial charge is 0.316 e. The minimum Gasteiger partial charge on any atom is -0.316 e. The molecule has 2 aliphatic carbocycles. The topological polar surface area (TPSA) is 29.9 Å². The Morgan fingerprint density at radius 1 is 1.29 bits per heavy atom. The Morgan fingerprint density at radius 3 is 2.62 bits per heavy atom. The molecule has 21 heavy (non-hydrogen) atoms. The van der Waals surface area contributed by atoms with Crippen LogP contribution in [0, 0.1) is 17.3 Å². The van der Waals surface area contributed by atoms with Gasteiger partial charge in [0.1, 0.15) is 0 Å². The monoisotopic (exact) mass is 289 g/mol. The molecule has 0 saturated heterocycles. The van der Waals surface area contributed by atoms with E-state index in [1.54, 1.807) is 0 Å². The Labute approximate surface area is 129 Å². The Morgan fingerprint density at radius 2 is 2.00 bits per heavy atom. The molecule has 1 aromatic heterocycles. The second-order valence-corrected chi connectivity index (χ2v) is 7.38. The highest BCUT2D eigenvalue weighted by molar-refractivity contribution is 5.11. The first-order valence-electron chi connectivity index (χ1n) is 8.94. The highest BCUT2D eigenvalue weighted by atomic mass is 15.3. The summed E-state index contributed by atoms with van der Waals surface area (Å²) in [5.41, 5.74) is 1.79. The second-order valence-electron chi connectivity index (χ2n) is 7.38. The van der Waals surface area contributed by atoms with Crippen LogP contribution >= 0.6 is 0 Å². The van der Waals surface area contributed by atoms with Gasteiger partial charge < -0.3 is 5.32 Å². The summed E-state index contributed by atoms with van der Waals surface area (Å²) in [6.07, 6.45) is 10.0. The van der Waals surface area contributed by atoms with E-state index >= 15 is 0 Å². The molecule has 0 spiro atoms. The lowest BCUT2D eigenvalue weighted by Crippen LogP contribution is -2.35. The minimum absolute atomic E-state index is 0.483. The van der Waals surface area contributed by atoms with Crippen LogP contribution in [0.4, 0.5) is 0 Å². The summed E-state index contributed by atoms with van der Waals surface area (Å²) in [4.78, 5) is 0. The van der Waals surface area contributed by atoms with E-state index in [4.69, 9.17) is 5.10 Å². The van der Waals surface area contributed by atoms with E-state index in [2.05, 4.69) is 43.0 Å². The van der Waals surface area contributed by atoms with Crippen molar-refractivity contribution in [3.8, 4) is 0 Å². The zero-order valence-corrected chi connectivity index (χ0v) is 13.9. The molecule has 3 heteroatoms. The average Bonchev–Trinajstić information content (AvgIpc) is 2.88. The molecule has 0 bridgehead atoms. The molecule has 0 radical (unpaired) electrons. The maximum Gasteiger partial charge on any atom is 0.0630 e. The zero-order valence-electron chi connectivity index (χ0n) is 13.9. The lowest BCUT2D eigenvalue weighted by atomic mass is 9.78. The van der Waals surface area contributed by atoms with Crippen molar-refractivity contribution in [2.24, 2.45) is 17.3 Å². The molecule has 1 N–H and O–H groups in total. The fourth-order valence-corrected chi connectivity index (χ4v) is 4.47. The van der Waals surface area contributed by atoms with Gasteiger partial charge in [-0.15, -0.1) is 0 Å². The summed E-state index contributed by atoms with van der Waals surface area (Å²) in [5.74, 6) is 2.06. The number of aromatic nitrogens is 2. The molecule has 2 unspecified atom stereocenters. The molecule has 3 nitrogen and oxygen atoms in total. The third-order valence-electron chi connectivity index (χ3n) is 5.75. The van der Waals surface area contributed by atoms with Crippen molar-refractivity contribution in [1.82, 2.24) is 15.1 Å². The molecule has 0 aliphatic heterocycles. The summed E-state index contributed by atoms with van der Waals surface area (Å²) in [7, 11) is 0. The SMILES string of the molecule is CCNCC1(Cc2ccn(C(CC)CC)n2)CC2CC2C1. The van der Waals surface area contributed by atoms with Crippen molar-refractivity contribution < 1.29 is 0 Å². The molecular weight excluding hydrogens is 258 g/mol. The van der Waals surface area contributed by atoms with Gasteiger partial charge in [0.25, 0.3) is 0 Å². The van der Waals surface area contributed by atoms with Gasteiger partial charge >= 0.3 is 0 Å². The van der Waals surface area contributed by atoms with E-state index in [1.165, 1.54) is 50.8 Å². The molecule has 0 aromatic carbocycles. The number of fused-ring (bicyclic) bond motifs is 1. The minimum atomic E-state index is 0.483. The summed E-state index contributed by atoms with van der Waals surface area (Å²) in [6.45, 7) is 8.98. The van der Waals surface area contributed by atoms with Crippen molar-refractivity contribution in [3.63, 3.8) is 0 Å². The van der Waals surface area contributed by atoms with Crippen LogP contribution in [0.15, 0.2) is 12.3 Å². The molecule has 0 amide bonds. The Balaban J connectivity index is 1.68. The summed E-state index contributed by atoms with van der Waals surface area (Å²) < 4.78 is 2.20. The molecule has 2 aliphatic rings. The van der Waals surface area contributed by atoms with Crippen LogP contribution in [0.1, 0.15) is 64.6 Å². The standard InChI is InChI=1S/C18H31N3/c1-4-17(5-2)21-8-7-16(20-21)12-18(13-19-6-3)10-14-9-15(14)11-18/h7-8,14-15,17,19H,4-6,9-13H2,1-3H3. The molecule has 3 rings (SSSR count). The Hall–Kier alpha value is -0.830. The average molecular weight is 289 g/mol. The van der Waals surface area contributed by atoms with Gasteiger partial charge in [-0.3, -0.25) is 4.68 Å². The van der Waals surface area contributed by atoms with Crippen LogP contribution in [0.5, 0.6) is 0 Å². The van der Waals surface area contributed by atoms with Crippen molar-refractivity contribution in [2.45, 2.75) is 65.3 Å². The van der Waals surface area contributed by atoms with Gasteiger partial charge in [-0.1, -0.05) is 20.8 Å². The molecule has 118 valence electrons. The highest BCUT2D eigenvalue weighted by Gasteiger charge is 2.53. The number of nitrogens with zero attached hydrogens (tertiary/aromatic N) is 2. The predicted octanol–water partition coefficient (Wildman–Crippen LogP) is 3.81. The Kier molecular flexibility index (Phi) is 4.39. The lowest BCUT2D eigenvalue weighted by molar-refractivity contribution is 0.247. The third-order valence-corrected chi connectivity index (χ3v) is 5.75. The molecule has 2 saturated carbocycles. The van der Waals surface area contributed by atoms with Gasteiger partial charge in [-0.2, -0.15) is 5.10 Å². The van der Waals surface area contributed by atoms with Crippen molar-refractivity contribution in [3.05, 3.63) is 18.0 Å². The first kappa shape index (κ1) is 15.1. The lowest BCUT2D eigenvalue weighted by Gasteiger charge is -2.30. The van der Waals surface area contributed by atoms with Crippen LogP contribution in [-0.4, -0.2) is 22.9 Å². The maximum absolute atomic E-state index is 4.90. The fourth-order valence-electron chi connectivity index (χ4n) is 4.47. The van der Waals surface area contributed by atoms with Crippen LogP contribution in [-0.2, 0) is 6.42 Å². The summed E-state index contributed by atoms with van der Waals surface area (Å²) in [6, 6.07) is 2.83. The van der Waals surface area contributed by atoms with Gasteiger partial charge in [-0.25, -0.2) is 0 Å². The van der Waals surface area contributed by atoms with Gasteiger partial charge in [-0.05, 0) is 68.4 Å². The molecule has 2 fully saturated rings.